The van der Waals surface area contributed by atoms with Gasteiger partial charge in [0.1, 0.15) is 0 Å². The Bertz CT molecular complexity index is 1260. The third-order valence-electron chi connectivity index (χ3n) is 7.59. The number of esters is 1. The van der Waals surface area contributed by atoms with E-state index < -0.39 is 23.2 Å². The molecule has 2 bridgehead atoms. The third-order valence-corrected chi connectivity index (χ3v) is 7.59. The summed E-state index contributed by atoms with van der Waals surface area (Å²) < 4.78 is 4.76. The van der Waals surface area contributed by atoms with E-state index in [0.717, 1.165) is 22.3 Å². The Kier molecular flexibility index (Phi) is 3.79. The number of ether oxygens (including phenoxy) is 1. The molecule has 0 N–H and O–H groups in total. The van der Waals surface area contributed by atoms with E-state index in [0.29, 0.717) is 11.3 Å². The molecule has 0 spiro atoms. The number of carbonyl (C=O) groups is 3. The Morgan fingerprint density at radius 1 is 0.844 bits per heavy atom. The molecular weight excluding hydrogens is 402 g/mol. The second kappa shape index (κ2) is 6.39. The van der Waals surface area contributed by atoms with Crippen molar-refractivity contribution in [2.75, 3.05) is 12.0 Å². The fourth-order valence-electron chi connectivity index (χ4n) is 6.27. The number of amides is 2. The van der Waals surface area contributed by atoms with E-state index >= 15 is 0 Å². The van der Waals surface area contributed by atoms with E-state index in [9.17, 15) is 14.4 Å². The number of nitrogens with zero attached hydrogens (tertiary/aromatic N) is 1. The standard InChI is InChI=1S/C27H21NO4/c1-27-19-9-5-3-7-17(19)21(18-8-4-6-10-20(18)27)22-23(27)25(30)28(24(22)29)16-13-11-15(12-14-16)26(31)32-2/h3-14,21-23H,1-2H3/t21?,22-,23-,27?/m0/s1. The van der Waals surface area contributed by atoms with Crippen molar-refractivity contribution in [3.05, 3.63) is 101 Å². The number of imide groups is 1. The third kappa shape index (κ3) is 2.15. The van der Waals surface area contributed by atoms with Crippen LogP contribution in [0.1, 0.15) is 45.5 Å². The van der Waals surface area contributed by atoms with Crippen LogP contribution >= 0.6 is 0 Å². The Labute approximate surface area is 185 Å². The van der Waals surface area contributed by atoms with Gasteiger partial charge in [-0.3, -0.25) is 9.59 Å². The summed E-state index contributed by atoms with van der Waals surface area (Å²) in [7, 11) is 1.32. The van der Waals surface area contributed by atoms with Crippen LogP contribution < -0.4 is 4.90 Å². The molecule has 7 rings (SSSR count). The van der Waals surface area contributed by atoms with Gasteiger partial charge in [-0.2, -0.15) is 0 Å². The number of carbonyl (C=O) groups excluding carboxylic acids is 3. The molecular formula is C27H21NO4. The van der Waals surface area contributed by atoms with Crippen LogP contribution in [0.3, 0.4) is 0 Å². The molecule has 32 heavy (non-hydrogen) atoms. The zero-order valence-corrected chi connectivity index (χ0v) is 17.7. The van der Waals surface area contributed by atoms with Gasteiger partial charge in [-0.15, -0.1) is 0 Å². The lowest BCUT2D eigenvalue weighted by Gasteiger charge is -2.52. The first kappa shape index (κ1) is 19.0. The zero-order chi connectivity index (χ0) is 22.2. The zero-order valence-electron chi connectivity index (χ0n) is 17.7. The van der Waals surface area contributed by atoms with Crippen LogP contribution in [-0.4, -0.2) is 24.9 Å². The van der Waals surface area contributed by atoms with Gasteiger partial charge in [-0.05, 0) is 46.5 Å². The summed E-state index contributed by atoms with van der Waals surface area (Å²) in [4.78, 5) is 40.8. The molecule has 0 unspecified atom stereocenters. The Morgan fingerprint density at radius 3 is 1.97 bits per heavy atom. The fourth-order valence-corrected chi connectivity index (χ4v) is 6.27. The monoisotopic (exact) mass is 423 g/mol. The minimum atomic E-state index is -0.583. The summed E-state index contributed by atoms with van der Waals surface area (Å²) in [5, 5.41) is 0. The van der Waals surface area contributed by atoms with Crippen LogP contribution in [-0.2, 0) is 19.7 Å². The molecule has 3 aliphatic carbocycles. The first-order valence-corrected chi connectivity index (χ1v) is 10.7. The van der Waals surface area contributed by atoms with Crippen molar-refractivity contribution in [2.24, 2.45) is 11.8 Å². The summed E-state index contributed by atoms with van der Waals surface area (Å²) >= 11 is 0. The molecule has 1 saturated heterocycles. The van der Waals surface area contributed by atoms with Gasteiger partial charge >= 0.3 is 5.97 Å². The predicted octanol–water partition coefficient (Wildman–Crippen LogP) is 4.04. The molecule has 0 radical (unpaired) electrons. The maximum absolute atomic E-state index is 13.9. The first-order valence-electron chi connectivity index (χ1n) is 10.7. The molecule has 5 heteroatoms. The van der Waals surface area contributed by atoms with Crippen molar-refractivity contribution in [1.29, 1.82) is 0 Å². The smallest absolute Gasteiger partial charge is 0.337 e. The summed E-state index contributed by atoms with van der Waals surface area (Å²) in [5.41, 5.74) is 4.82. The highest BCUT2D eigenvalue weighted by molar-refractivity contribution is 6.23. The van der Waals surface area contributed by atoms with Crippen molar-refractivity contribution in [1.82, 2.24) is 0 Å². The van der Waals surface area contributed by atoms with Crippen LogP contribution in [0, 0.1) is 11.8 Å². The Morgan fingerprint density at radius 2 is 1.41 bits per heavy atom. The average molecular weight is 423 g/mol. The lowest BCUT2D eigenvalue weighted by Crippen LogP contribution is -2.51. The van der Waals surface area contributed by atoms with Gasteiger partial charge in [0.15, 0.2) is 0 Å². The molecule has 4 aliphatic rings. The van der Waals surface area contributed by atoms with E-state index in [2.05, 4.69) is 31.2 Å². The first-order chi connectivity index (χ1) is 15.5. The highest BCUT2D eigenvalue weighted by Gasteiger charge is 2.66. The topological polar surface area (TPSA) is 63.7 Å². The maximum Gasteiger partial charge on any atom is 0.337 e. The van der Waals surface area contributed by atoms with E-state index in [4.69, 9.17) is 4.74 Å². The van der Waals surface area contributed by atoms with Gasteiger partial charge in [-0.1, -0.05) is 55.5 Å². The SMILES string of the molecule is COC(=O)c1ccc(N2C(=O)[C@@H]3[C@@H](C2=O)C2c4ccccc4C3(C)c3ccccc32)cc1. The summed E-state index contributed by atoms with van der Waals surface area (Å²) in [6, 6.07) is 22.9. The van der Waals surface area contributed by atoms with Gasteiger partial charge in [0.05, 0.1) is 30.2 Å². The molecule has 3 aromatic carbocycles. The number of methoxy groups -OCH3 is 1. The number of anilines is 1. The quantitative estimate of drug-likeness (QED) is 0.461. The van der Waals surface area contributed by atoms with Crippen LogP contribution in [0.2, 0.25) is 0 Å². The molecule has 2 amide bonds. The minimum Gasteiger partial charge on any atom is -0.465 e. The fraction of sp³-hybridized carbons (Fsp3) is 0.222. The molecule has 5 nitrogen and oxygen atoms in total. The molecule has 0 aromatic heterocycles. The van der Waals surface area contributed by atoms with Crippen LogP contribution in [0.15, 0.2) is 72.8 Å². The van der Waals surface area contributed by atoms with Gasteiger partial charge in [0.25, 0.3) is 0 Å². The van der Waals surface area contributed by atoms with Gasteiger partial charge in [0.2, 0.25) is 11.8 Å². The van der Waals surface area contributed by atoms with E-state index in [-0.39, 0.29) is 17.7 Å². The number of rotatable bonds is 2. The largest absolute Gasteiger partial charge is 0.465 e. The van der Waals surface area contributed by atoms with Crippen LogP contribution in [0.4, 0.5) is 5.69 Å². The second-order valence-electron chi connectivity index (χ2n) is 8.91. The van der Waals surface area contributed by atoms with Crippen molar-refractivity contribution in [2.45, 2.75) is 18.3 Å². The molecule has 0 saturated carbocycles. The summed E-state index contributed by atoms with van der Waals surface area (Å²) in [5.74, 6) is -1.87. The van der Waals surface area contributed by atoms with Gasteiger partial charge < -0.3 is 4.74 Å². The molecule has 2 atom stereocenters. The number of hydrogen-bond donors (Lipinski definition) is 0. The Balaban J connectivity index is 1.52. The van der Waals surface area contributed by atoms with Crippen LogP contribution in [0.5, 0.6) is 0 Å². The van der Waals surface area contributed by atoms with Gasteiger partial charge in [-0.25, -0.2) is 9.69 Å². The maximum atomic E-state index is 13.9. The van der Waals surface area contributed by atoms with Crippen molar-refractivity contribution in [3.8, 4) is 0 Å². The van der Waals surface area contributed by atoms with E-state index in [1.54, 1.807) is 24.3 Å². The average Bonchev–Trinajstić information content (AvgIpc) is 3.10. The minimum absolute atomic E-state index is 0.148. The predicted molar refractivity (Wildman–Crippen MR) is 118 cm³/mol. The number of hydrogen-bond acceptors (Lipinski definition) is 4. The summed E-state index contributed by atoms with van der Waals surface area (Å²) in [6.45, 7) is 2.10. The highest BCUT2D eigenvalue weighted by Crippen LogP contribution is 2.64. The van der Waals surface area contributed by atoms with Crippen molar-refractivity contribution in [3.63, 3.8) is 0 Å². The second-order valence-corrected chi connectivity index (χ2v) is 8.91. The normalized spacial score (nSPS) is 27.1. The number of benzene rings is 3. The van der Waals surface area contributed by atoms with E-state index in [1.807, 2.05) is 24.3 Å². The Hall–Kier alpha value is -3.73. The van der Waals surface area contributed by atoms with Crippen molar-refractivity contribution < 1.29 is 19.1 Å². The highest BCUT2D eigenvalue weighted by atomic mass is 16.5. The molecule has 1 aliphatic heterocycles. The molecule has 158 valence electrons. The van der Waals surface area contributed by atoms with E-state index in [1.165, 1.54) is 12.0 Å². The van der Waals surface area contributed by atoms with Crippen molar-refractivity contribution >= 4 is 23.5 Å². The lowest BCUT2D eigenvalue weighted by molar-refractivity contribution is -0.123. The summed E-state index contributed by atoms with van der Waals surface area (Å²) in [6.07, 6.45) is 0. The lowest BCUT2D eigenvalue weighted by atomic mass is 9.48. The molecule has 1 heterocycles. The molecule has 3 aromatic rings. The molecule has 1 fully saturated rings. The van der Waals surface area contributed by atoms with Crippen LogP contribution in [0.25, 0.3) is 0 Å². The van der Waals surface area contributed by atoms with Gasteiger partial charge in [0, 0.05) is 11.3 Å².